The maximum absolute atomic E-state index is 5.77. The molecule has 0 fully saturated rings. The van der Waals surface area contributed by atoms with E-state index >= 15 is 0 Å². The number of anilines is 2. The van der Waals surface area contributed by atoms with Gasteiger partial charge in [-0.25, -0.2) is 4.98 Å². The van der Waals surface area contributed by atoms with Crippen LogP contribution in [0.25, 0.3) is 0 Å². The predicted molar refractivity (Wildman–Crippen MR) is 82.4 cm³/mol. The number of nitrogens with two attached hydrogens (primary N) is 1. The fourth-order valence-electron chi connectivity index (χ4n) is 1.65. The number of thiophene rings is 1. The van der Waals surface area contributed by atoms with Crippen molar-refractivity contribution in [1.82, 2.24) is 4.98 Å². The van der Waals surface area contributed by atoms with Gasteiger partial charge in [-0.1, -0.05) is 0 Å². The topological polar surface area (TPSA) is 42.2 Å². The van der Waals surface area contributed by atoms with Gasteiger partial charge in [0.15, 0.2) is 0 Å². The van der Waals surface area contributed by atoms with Crippen LogP contribution in [0.15, 0.2) is 28.1 Å². The number of hydrogen-bond acceptors (Lipinski definition) is 4. The first kappa shape index (κ1) is 13.4. The lowest BCUT2D eigenvalue weighted by molar-refractivity contribution is 0.866. The fourth-order valence-corrected chi connectivity index (χ4v) is 3.12. The van der Waals surface area contributed by atoms with Crippen molar-refractivity contribution in [2.24, 2.45) is 0 Å². The van der Waals surface area contributed by atoms with Crippen molar-refractivity contribution in [3.63, 3.8) is 0 Å². The Morgan fingerprint density at radius 1 is 1.33 bits per heavy atom. The highest BCUT2D eigenvalue weighted by Crippen LogP contribution is 2.23. The van der Waals surface area contributed by atoms with Crippen molar-refractivity contribution in [3.8, 4) is 0 Å². The molecular weight excluding hydrogens is 310 g/mol. The van der Waals surface area contributed by atoms with Gasteiger partial charge in [-0.2, -0.15) is 0 Å². The highest BCUT2D eigenvalue weighted by Gasteiger charge is 2.05. The van der Waals surface area contributed by atoms with Crippen LogP contribution in [-0.4, -0.2) is 18.6 Å². The molecule has 96 valence electrons. The molecule has 2 aromatic rings. The van der Waals surface area contributed by atoms with Gasteiger partial charge < -0.3 is 10.6 Å². The molecule has 0 amide bonds. The number of nitrogens with zero attached hydrogens (tertiary/aromatic N) is 2. The summed E-state index contributed by atoms with van der Waals surface area (Å²) in [5, 5.41) is 0. The molecule has 0 saturated heterocycles. The number of nitrogen functional groups attached to an aromatic ring is 1. The number of halogens is 1. The Kier molecular flexibility index (Phi) is 4.24. The first-order valence-corrected chi connectivity index (χ1v) is 7.35. The average molecular weight is 326 g/mol. The molecule has 18 heavy (non-hydrogen) atoms. The Hall–Kier alpha value is -1.07. The minimum Gasteiger partial charge on any atom is -0.397 e. The van der Waals surface area contributed by atoms with Gasteiger partial charge in [0, 0.05) is 18.5 Å². The molecule has 0 aliphatic carbocycles. The fraction of sp³-hybridized carbons (Fsp3) is 0.308. The van der Waals surface area contributed by atoms with Crippen LogP contribution in [0.1, 0.15) is 10.6 Å². The van der Waals surface area contributed by atoms with E-state index in [2.05, 4.69) is 45.0 Å². The molecule has 2 N–H and O–H groups in total. The van der Waals surface area contributed by atoms with Gasteiger partial charge in [-0.3, -0.25) is 0 Å². The van der Waals surface area contributed by atoms with Crippen molar-refractivity contribution < 1.29 is 0 Å². The molecule has 0 aromatic carbocycles. The third kappa shape index (κ3) is 3.23. The molecule has 5 heteroatoms. The molecule has 0 spiro atoms. The zero-order valence-electron chi connectivity index (χ0n) is 10.5. The normalized spacial score (nSPS) is 10.6. The Bertz CT molecular complexity index is 539. The van der Waals surface area contributed by atoms with Crippen LogP contribution in [0.5, 0.6) is 0 Å². The quantitative estimate of drug-likeness (QED) is 0.935. The van der Waals surface area contributed by atoms with Gasteiger partial charge in [0.25, 0.3) is 0 Å². The van der Waals surface area contributed by atoms with Gasteiger partial charge in [0.1, 0.15) is 5.82 Å². The summed E-state index contributed by atoms with van der Waals surface area (Å²) in [7, 11) is 2.06. The van der Waals surface area contributed by atoms with E-state index in [9.17, 15) is 0 Å². The van der Waals surface area contributed by atoms with E-state index in [1.54, 1.807) is 11.3 Å². The maximum Gasteiger partial charge on any atom is 0.128 e. The Morgan fingerprint density at radius 3 is 2.72 bits per heavy atom. The van der Waals surface area contributed by atoms with E-state index < -0.39 is 0 Å². The smallest absolute Gasteiger partial charge is 0.128 e. The van der Waals surface area contributed by atoms with Crippen molar-refractivity contribution >= 4 is 38.8 Å². The second kappa shape index (κ2) is 5.71. The number of hydrogen-bond donors (Lipinski definition) is 1. The first-order chi connectivity index (χ1) is 8.56. The molecule has 0 saturated carbocycles. The molecule has 0 unspecified atom stereocenters. The van der Waals surface area contributed by atoms with Crippen LogP contribution in [0.4, 0.5) is 11.5 Å². The molecule has 0 aliphatic heterocycles. The highest BCUT2D eigenvalue weighted by atomic mass is 79.9. The van der Waals surface area contributed by atoms with Crippen molar-refractivity contribution in [2.45, 2.75) is 13.3 Å². The molecule has 0 atom stereocenters. The Balaban J connectivity index is 1.99. The van der Waals surface area contributed by atoms with Gasteiger partial charge in [-0.15, -0.1) is 11.3 Å². The maximum atomic E-state index is 5.77. The molecule has 0 bridgehead atoms. The Morgan fingerprint density at radius 2 is 2.11 bits per heavy atom. The third-order valence-corrected chi connectivity index (χ3v) is 4.51. The molecule has 2 aromatic heterocycles. The van der Waals surface area contributed by atoms with Gasteiger partial charge in [0.2, 0.25) is 0 Å². The van der Waals surface area contributed by atoms with Crippen LogP contribution in [-0.2, 0) is 6.42 Å². The molecular formula is C13H16BrN3S. The summed E-state index contributed by atoms with van der Waals surface area (Å²) in [6.07, 6.45) is 1.03. The lowest BCUT2D eigenvalue weighted by Gasteiger charge is -2.18. The summed E-state index contributed by atoms with van der Waals surface area (Å²) >= 11 is 5.26. The lowest BCUT2D eigenvalue weighted by Crippen LogP contribution is -2.21. The van der Waals surface area contributed by atoms with E-state index in [-0.39, 0.29) is 0 Å². The predicted octanol–water partition coefficient (Wildman–Crippen LogP) is 3.48. The summed E-state index contributed by atoms with van der Waals surface area (Å²) in [6, 6.07) is 8.12. The molecule has 3 nitrogen and oxygen atoms in total. The number of aromatic nitrogens is 1. The van der Waals surface area contributed by atoms with E-state index in [1.807, 2.05) is 19.1 Å². The van der Waals surface area contributed by atoms with Crippen LogP contribution in [0.2, 0.25) is 0 Å². The largest absolute Gasteiger partial charge is 0.397 e. The molecule has 0 radical (unpaired) electrons. The molecule has 2 rings (SSSR count). The summed E-state index contributed by atoms with van der Waals surface area (Å²) in [6.45, 7) is 2.88. The summed E-state index contributed by atoms with van der Waals surface area (Å²) in [4.78, 5) is 8.01. The van der Waals surface area contributed by atoms with Crippen molar-refractivity contribution in [1.29, 1.82) is 0 Å². The summed E-state index contributed by atoms with van der Waals surface area (Å²) < 4.78 is 1.18. The number of rotatable bonds is 4. The van der Waals surface area contributed by atoms with Gasteiger partial charge >= 0.3 is 0 Å². The zero-order chi connectivity index (χ0) is 13.1. The van der Waals surface area contributed by atoms with E-state index in [4.69, 9.17) is 5.73 Å². The number of likely N-dealkylation sites (N-methyl/N-ethyl adjacent to an activating group) is 1. The number of pyridine rings is 1. The van der Waals surface area contributed by atoms with Crippen molar-refractivity contribution in [2.75, 3.05) is 24.2 Å². The number of aryl methyl sites for hydroxylation is 1. The van der Waals surface area contributed by atoms with E-state index in [0.29, 0.717) is 0 Å². The second-order valence-electron chi connectivity index (χ2n) is 4.22. The highest BCUT2D eigenvalue weighted by molar-refractivity contribution is 9.11. The molecule has 2 heterocycles. The van der Waals surface area contributed by atoms with E-state index in [0.717, 1.165) is 30.2 Å². The average Bonchev–Trinajstić information content (AvgIpc) is 2.75. The van der Waals surface area contributed by atoms with Gasteiger partial charge in [-0.05, 0) is 53.5 Å². The summed E-state index contributed by atoms with van der Waals surface area (Å²) in [5.74, 6) is 0.970. The second-order valence-corrected chi connectivity index (χ2v) is 6.77. The van der Waals surface area contributed by atoms with Crippen LogP contribution >= 0.6 is 27.3 Å². The van der Waals surface area contributed by atoms with Gasteiger partial charge in [0.05, 0.1) is 15.2 Å². The zero-order valence-corrected chi connectivity index (χ0v) is 12.9. The van der Waals surface area contributed by atoms with Crippen molar-refractivity contribution in [3.05, 3.63) is 38.6 Å². The van der Waals surface area contributed by atoms with Crippen LogP contribution in [0, 0.1) is 6.92 Å². The molecule has 0 aliphatic rings. The van der Waals surface area contributed by atoms with E-state index in [1.165, 1.54) is 8.66 Å². The summed E-state index contributed by atoms with van der Waals surface area (Å²) in [5.41, 5.74) is 7.40. The minimum absolute atomic E-state index is 0.745. The Labute approximate surface area is 120 Å². The van der Waals surface area contributed by atoms with Crippen LogP contribution in [0.3, 0.4) is 0 Å². The standard InChI is InChI=1S/C13H16BrN3S/c1-9-11(15)4-6-13(16-9)17(2)8-7-10-3-5-12(14)18-10/h3-6H,7-8,15H2,1-2H3. The monoisotopic (exact) mass is 325 g/mol. The van der Waals surface area contributed by atoms with Crippen LogP contribution < -0.4 is 10.6 Å². The third-order valence-electron chi connectivity index (χ3n) is 2.83. The lowest BCUT2D eigenvalue weighted by atomic mass is 10.3. The minimum atomic E-state index is 0.745. The SMILES string of the molecule is Cc1nc(N(C)CCc2ccc(Br)s2)ccc1N. The first-order valence-electron chi connectivity index (χ1n) is 5.75.